The summed E-state index contributed by atoms with van der Waals surface area (Å²) >= 11 is 0. The molecule has 1 rings (SSSR count). The van der Waals surface area contributed by atoms with Gasteiger partial charge in [-0.2, -0.15) is 0 Å². The summed E-state index contributed by atoms with van der Waals surface area (Å²) in [4.78, 5) is 0. The molecular weight excluding hydrogens is 158 g/mol. The molecule has 1 heteroatoms. The summed E-state index contributed by atoms with van der Waals surface area (Å²) in [7, 11) is 0. The van der Waals surface area contributed by atoms with Crippen molar-refractivity contribution < 1.29 is 0 Å². The van der Waals surface area contributed by atoms with Gasteiger partial charge in [0, 0.05) is 5.69 Å². The summed E-state index contributed by atoms with van der Waals surface area (Å²) in [5, 5.41) is 0. The van der Waals surface area contributed by atoms with Crippen molar-refractivity contribution in [3.8, 4) is 0 Å². The summed E-state index contributed by atoms with van der Waals surface area (Å²) in [5.74, 6) is 0. The lowest BCUT2D eigenvalue weighted by atomic mass is 10.0. The fraction of sp³-hybridized carbons (Fsp3) is 0.167. The van der Waals surface area contributed by atoms with Crippen LogP contribution in [0.3, 0.4) is 0 Å². The van der Waals surface area contributed by atoms with Crippen LogP contribution in [0.4, 0.5) is 5.69 Å². The van der Waals surface area contributed by atoms with Gasteiger partial charge in [-0.1, -0.05) is 18.2 Å². The van der Waals surface area contributed by atoms with Crippen LogP contribution in [-0.2, 0) is 12.8 Å². The predicted molar refractivity (Wildman–Crippen MR) is 58.7 cm³/mol. The zero-order valence-corrected chi connectivity index (χ0v) is 7.79. The van der Waals surface area contributed by atoms with Crippen LogP contribution in [0.15, 0.2) is 43.5 Å². The predicted octanol–water partition coefficient (Wildman–Crippen LogP) is 2.73. The molecule has 0 aliphatic rings. The first-order valence-corrected chi connectivity index (χ1v) is 4.37. The van der Waals surface area contributed by atoms with E-state index in [9.17, 15) is 0 Å². The molecule has 1 nitrogen and oxygen atoms in total. The molecular formula is C12H15N. The van der Waals surface area contributed by atoms with E-state index in [0.29, 0.717) is 0 Å². The van der Waals surface area contributed by atoms with E-state index in [1.807, 2.05) is 24.3 Å². The Balaban J connectivity index is 3.01. The molecule has 0 fully saturated rings. The normalized spacial score (nSPS) is 9.54. The van der Waals surface area contributed by atoms with Gasteiger partial charge in [0.25, 0.3) is 0 Å². The van der Waals surface area contributed by atoms with Gasteiger partial charge < -0.3 is 5.73 Å². The standard InChI is InChI=1S/C12H15N/c1-3-5-10-7-8-12(13)9-11(10)6-4-2/h3-4,7-9H,1-2,5-6,13H2. The highest BCUT2D eigenvalue weighted by Crippen LogP contribution is 2.15. The van der Waals surface area contributed by atoms with Crippen molar-refractivity contribution in [1.82, 2.24) is 0 Å². The summed E-state index contributed by atoms with van der Waals surface area (Å²) in [6.07, 6.45) is 5.55. The van der Waals surface area contributed by atoms with E-state index in [-0.39, 0.29) is 0 Å². The van der Waals surface area contributed by atoms with Gasteiger partial charge in [0.1, 0.15) is 0 Å². The van der Waals surface area contributed by atoms with Crippen molar-refractivity contribution in [2.45, 2.75) is 12.8 Å². The number of hydrogen-bond acceptors (Lipinski definition) is 1. The average Bonchev–Trinajstić information content (AvgIpc) is 2.10. The number of rotatable bonds is 4. The first-order valence-electron chi connectivity index (χ1n) is 4.37. The smallest absolute Gasteiger partial charge is 0.0317 e. The minimum atomic E-state index is 0.810. The maximum Gasteiger partial charge on any atom is 0.0317 e. The van der Waals surface area contributed by atoms with Crippen LogP contribution in [0, 0.1) is 0 Å². The van der Waals surface area contributed by atoms with Crippen LogP contribution in [0.5, 0.6) is 0 Å². The Hall–Kier alpha value is -1.50. The summed E-state index contributed by atoms with van der Waals surface area (Å²) in [6.45, 7) is 7.44. The van der Waals surface area contributed by atoms with E-state index < -0.39 is 0 Å². The summed E-state index contributed by atoms with van der Waals surface area (Å²) < 4.78 is 0. The molecule has 0 spiro atoms. The second kappa shape index (κ2) is 4.51. The van der Waals surface area contributed by atoms with E-state index in [0.717, 1.165) is 18.5 Å². The molecule has 68 valence electrons. The first kappa shape index (κ1) is 9.59. The van der Waals surface area contributed by atoms with Crippen LogP contribution in [0.25, 0.3) is 0 Å². The quantitative estimate of drug-likeness (QED) is 0.550. The first-order chi connectivity index (χ1) is 6.27. The van der Waals surface area contributed by atoms with Crippen molar-refractivity contribution in [3.63, 3.8) is 0 Å². The maximum atomic E-state index is 5.69. The third-order valence-electron chi connectivity index (χ3n) is 1.96. The zero-order chi connectivity index (χ0) is 9.68. The van der Waals surface area contributed by atoms with Crippen LogP contribution in [0.1, 0.15) is 11.1 Å². The molecule has 0 aliphatic carbocycles. The molecule has 1 aromatic rings. The largest absolute Gasteiger partial charge is 0.399 e. The van der Waals surface area contributed by atoms with E-state index in [1.165, 1.54) is 11.1 Å². The Morgan fingerprint density at radius 2 is 1.69 bits per heavy atom. The van der Waals surface area contributed by atoms with Gasteiger partial charge in [0.05, 0.1) is 0 Å². The highest BCUT2D eigenvalue weighted by atomic mass is 14.5. The average molecular weight is 173 g/mol. The lowest BCUT2D eigenvalue weighted by Gasteiger charge is -2.06. The van der Waals surface area contributed by atoms with Crippen molar-refractivity contribution in [2.75, 3.05) is 5.73 Å². The van der Waals surface area contributed by atoms with Gasteiger partial charge >= 0.3 is 0 Å². The molecule has 0 radical (unpaired) electrons. The molecule has 0 aliphatic heterocycles. The molecule has 0 saturated carbocycles. The third-order valence-corrected chi connectivity index (χ3v) is 1.96. The number of allylic oxidation sites excluding steroid dienone is 2. The topological polar surface area (TPSA) is 26.0 Å². The molecule has 0 aromatic heterocycles. The lowest BCUT2D eigenvalue weighted by Crippen LogP contribution is -1.94. The number of benzene rings is 1. The van der Waals surface area contributed by atoms with Gasteiger partial charge in [-0.25, -0.2) is 0 Å². The van der Waals surface area contributed by atoms with Gasteiger partial charge in [-0.05, 0) is 36.1 Å². The molecule has 0 unspecified atom stereocenters. The van der Waals surface area contributed by atoms with Crippen molar-refractivity contribution in [2.24, 2.45) is 0 Å². The fourth-order valence-electron chi connectivity index (χ4n) is 1.35. The van der Waals surface area contributed by atoms with E-state index in [2.05, 4.69) is 19.2 Å². The van der Waals surface area contributed by atoms with Crippen LogP contribution < -0.4 is 5.73 Å². The number of nitrogens with two attached hydrogens (primary N) is 1. The van der Waals surface area contributed by atoms with Crippen LogP contribution >= 0.6 is 0 Å². The van der Waals surface area contributed by atoms with Crippen molar-refractivity contribution in [3.05, 3.63) is 54.6 Å². The van der Waals surface area contributed by atoms with E-state index in [4.69, 9.17) is 5.73 Å². The Bertz CT molecular complexity index is 313. The third kappa shape index (κ3) is 2.48. The molecule has 0 heterocycles. The second-order valence-corrected chi connectivity index (χ2v) is 3.01. The molecule has 1 aromatic carbocycles. The SMILES string of the molecule is C=CCc1ccc(N)cc1CC=C. The van der Waals surface area contributed by atoms with Gasteiger partial charge in [0.2, 0.25) is 0 Å². The monoisotopic (exact) mass is 173 g/mol. The Kier molecular flexibility index (Phi) is 3.32. The number of nitrogen functional groups attached to an aromatic ring is 1. The van der Waals surface area contributed by atoms with Crippen LogP contribution in [0.2, 0.25) is 0 Å². The summed E-state index contributed by atoms with van der Waals surface area (Å²) in [5.41, 5.74) is 9.03. The number of anilines is 1. The zero-order valence-electron chi connectivity index (χ0n) is 7.79. The van der Waals surface area contributed by atoms with Gasteiger partial charge in [-0.3, -0.25) is 0 Å². The van der Waals surface area contributed by atoms with Gasteiger partial charge in [-0.15, -0.1) is 13.2 Å². The Labute approximate surface area is 79.6 Å². The second-order valence-electron chi connectivity index (χ2n) is 3.01. The molecule has 0 atom stereocenters. The Morgan fingerprint density at radius 3 is 2.31 bits per heavy atom. The van der Waals surface area contributed by atoms with Crippen molar-refractivity contribution in [1.29, 1.82) is 0 Å². The molecule has 0 bridgehead atoms. The molecule has 13 heavy (non-hydrogen) atoms. The lowest BCUT2D eigenvalue weighted by molar-refractivity contribution is 1.16. The molecule has 0 saturated heterocycles. The van der Waals surface area contributed by atoms with E-state index in [1.54, 1.807) is 0 Å². The fourth-order valence-corrected chi connectivity index (χ4v) is 1.35. The summed E-state index contributed by atoms with van der Waals surface area (Å²) in [6, 6.07) is 5.97. The van der Waals surface area contributed by atoms with Gasteiger partial charge in [0.15, 0.2) is 0 Å². The molecule has 2 N–H and O–H groups in total. The highest BCUT2D eigenvalue weighted by molar-refractivity contribution is 5.45. The van der Waals surface area contributed by atoms with E-state index >= 15 is 0 Å². The Morgan fingerprint density at radius 1 is 1.08 bits per heavy atom. The number of hydrogen-bond donors (Lipinski definition) is 1. The van der Waals surface area contributed by atoms with Crippen LogP contribution in [-0.4, -0.2) is 0 Å². The minimum Gasteiger partial charge on any atom is -0.399 e. The minimum absolute atomic E-state index is 0.810. The van der Waals surface area contributed by atoms with Crippen molar-refractivity contribution >= 4 is 5.69 Å². The maximum absolute atomic E-state index is 5.69. The molecule has 0 amide bonds. The highest BCUT2D eigenvalue weighted by Gasteiger charge is 1.99.